The summed E-state index contributed by atoms with van der Waals surface area (Å²) in [6, 6.07) is 0. The Kier molecular flexibility index (Phi) is 4.08. The predicted octanol–water partition coefficient (Wildman–Crippen LogP) is 0.685. The summed E-state index contributed by atoms with van der Waals surface area (Å²) in [5, 5.41) is 4.23. The molecule has 0 bridgehead atoms. The van der Waals surface area contributed by atoms with Crippen molar-refractivity contribution in [2.24, 2.45) is 7.05 Å². The minimum atomic E-state index is -0.514. The summed E-state index contributed by atoms with van der Waals surface area (Å²) in [6.45, 7) is 3.92. The molecule has 0 spiro atoms. The first kappa shape index (κ1) is 14.5. The molecule has 1 N–H and O–H groups in total. The van der Waals surface area contributed by atoms with Crippen molar-refractivity contribution in [1.82, 2.24) is 24.3 Å². The lowest BCUT2D eigenvalue weighted by Gasteiger charge is -2.10. The maximum atomic E-state index is 12.3. The van der Waals surface area contributed by atoms with Gasteiger partial charge in [0.2, 0.25) is 0 Å². The molecule has 8 heteroatoms. The molecule has 0 aromatic carbocycles. The van der Waals surface area contributed by atoms with Crippen LogP contribution in [0.5, 0.6) is 0 Å². The molecule has 7 nitrogen and oxygen atoms in total. The molecule has 0 saturated heterocycles. The standard InChI is InChI=1S/C12H16ClN5O2/c1-7(2)9-10(13)15-12(20)18(11(9)19)5-4-8-14-6-17(3)16-8/h6-7H,4-5H2,1-3H3,(H,15,20). The minimum Gasteiger partial charge on any atom is -0.297 e. The Balaban J connectivity index is 2.34. The van der Waals surface area contributed by atoms with Crippen molar-refractivity contribution >= 4 is 11.6 Å². The SMILES string of the molecule is CC(C)c1c(Cl)[nH]c(=O)n(CCc2ncn(C)n2)c1=O. The van der Waals surface area contributed by atoms with E-state index >= 15 is 0 Å². The number of rotatable bonds is 4. The molecule has 2 heterocycles. The number of H-pyrrole nitrogens is 1. The normalized spacial score (nSPS) is 11.2. The number of halogens is 1. The third-order valence-electron chi connectivity index (χ3n) is 2.96. The number of hydrogen-bond donors (Lipinski definition) is 1. The van der Waals surface area contributed by atoms with Crippen molar-refractivity contribution in [3.8, 4) is 0 Å². The van der Waals surface area contributed by atoms with Gasteiger partial charge in [-0.25, -0.2) is 9.78 Å². The lowest BCUT2D eigenvalue weighted by atomic mass is 10.1. The molecule has 0 atom stereocenters. The molecule has 20 heavy (non-hydrogen) atoms. The van der Waals surface area contributed by atoms with Gasteiger partial charge in [0.25, 0.3) is 5.56 Å². The molecule has 0 aliphatic carbocycles. The topological polar surface area (TPSA) is 85.6 Å². The molecular weight excluding hydrogens is 282 g/mol. The Labute approximate surface area is 120 Å². The third kappa shape index (κ3) is 2.82. The summed E-state index contributed by atoms with van der Waals surface area (Å²) in [5.74, 6) is 0.519. The van der Waals surface area contributed by atoms with E-state index in [1.807, 2.05) is 13.8 Å². The fraction of sp³-hybridized carbons (Fsp3) is 0.500. The van der Waals surface area contributed by atoms with Crippen LogP contribution in [0.2, 0.25) is 5.15 Å². The second-order valence-corrected chi connectivity index (χ2v) is 5.23. The van der Waals surface area contributed by atoms with Crippen LogP contribution in [0.3, 0.4) is 0 Å². The maximum absolute atomic E-state index is 12.3. The second kappa shape index (κ2) is 5.62. The lowest BCUT2D eigenvalue weighted by molar-refractivity contribution is 0.595. The van der Waals surface area contributed by atoms with Crippen LogP contribution >= 0.6 is 11.6 Å². The van der Waals surface area contributed by atoms with Gasteiger partial charge < -0.3 is 0 Å². The van der Waals surface area contributed by atoms with Crippen molar-refractivity contribution in [2.45, 2.75) is 32.7 Å². The van der Waals surface area contributed by atoms with Gasteiger partial charge in [0, 0.05) is 20.0 Å². The van der Waals surface area contributed by atoms with Crippen molar-refractivity contribution in [2.75, 3.05) is 0 Å². The molecule has 0 saturated carbocycles. The van der Waals surface area contributed by atoms with E-state index in [1.54, 1.807) is 18.1 Å². The second-order valence-electron chi connectivity index (χ2n) is 4.85. The monoisotopic (exact) mass is 297 g/mol. The number of hydrogen-bond acceptors (Lipinski definition) is 4. The number of aromatic amines is 1. The average Bonchev–Trinajstić information content (AvgIpc) is 2.73. The summed E-state index contributed by atoms with van der Waals surface area (Å²) >= 11 is 5.93. The van der Waals surface area contributed by atoms with Gasteiger partial charge in [0.1, 0.15) is 11.5 Å². The number of nitrogens with zero attached hydrogens (tertiary/aromatic N) is 4. The fourth-order valence-corrected chi connectivity index (χ4v) is 2.35. The Hall–Kier alpha value is -1.89. The van der Waals surface area contributed by atoms with E-state index < -0.39 is 5.69 Å². The Morgan fingerprint density at radius 3 is 2.65 bits per heavy atom. The van der Waals surface area contributed by atoms with E-state index in [4.69, 9.17) is 11.6 Å². The molecule has 0 radical (unpaired) electrons. The van der Waals surface area contributed by atoms with Crippen LogP contribution in [0.15, 0.2) is 15.9 Å². The largest absolute Gasteiger partial charge is 0.329 e. The highest BCUT2D eigenvalue weighted by Gasteiger charge is 2.15. The Bertz CT molecular complexity index is 728. The van der Waals surface area contributed by atoms with Gasteiger partial charge in [0.05, 0.1) is 5.56 Å². The lowest BCUT2D eigenvalue weighted by Crippen LogP contribution is -2.38. The van der Waals surface area contributed by atoms with Crippen molar-refractivity contribution in [1.29, 1.82) is 0 Å². The number of nitrogens with one attached hydrogen (secondary N) is 1. The maximum Gasteiger partial charge on any atom is 0.329 e. The van der Waals surface area contributed by atoms with Gasteiger partial charge in [-0.15, -0.1) is 0 Å². The Morgan fingerprint density at radius 2 is 2.10 bits per heavy atom. The summed E-state index contributed by atoms with van der Waals surface area (Å²) in [4.78, 5) is 30.7. The van der Waals surface area contributed by atoms with E-state index in [0.29, 0.717) is 17.8 Å². The molecule has 0 amide bonds. The predicted molar refractivity (Wildman–Crippen MR) is 75.1 cm³/mol. The number of aryl methyl sites for hydroxylation is 2. The molecule has 2 aromatic heterocycles. The minimum absolute atomic E-state index is 0.0638. The molecule has 0 unspecified atom stereocenters. The summed E-state index contributed by atoms with van der Waals surface area (Å²) in [5.41, 5.74) is -0.453. The smallest absolute Gasteiger partial charge is 0.297 e. The summed E-state index contributed by atoms with van der Waals surface area (Å²) < 4.78 is 2.71. The molecule has 0 aliphatic heterocycles. The van der Waals surface area contributed by atoms with E-state index in [1.165, 1.54) is 0 Å². The number of aromatic nitrogens is 5. The van der Waals surface area contributed by atoms with Gasteiger partial charge in [-0.2, -0.15) is 5.10 Å². The highest BCUT2D eigenvalue weighted by atomic mass is 35.5. The summed E-state index contributed by atoms with van der Waals surface area (Å²) in [6.07, 6.45) is 1.98. The highest BCUT2D eigenvalue weighted by molar-refractivity contribution is 6.30. The molecule has 0 fully saturated rings. The van der Waals surface area contributed by atoms with E-state index in [0.717, 1.165) is 4.57 Å². The van der Waals surface area contributed by atoms with Crippen molar-refractivity contribution < 1.29 is 0 Å². The zero-order chi connectivity index (χ0) is 14.9. The van der Waals surface area contributed by atoms with E-state index in [9.17, 15) is 9.59 Å². The van der Waals surface area contributed by atoms with Crippen molar-refractivity contribution in [3.63, 3.8) is 0 Å². The average molecular weight is 298 g/mol. The quantitative estimate of drug-likeness (QED) is 0.841. The first-order valence-corrected chi connectivity index (χ1v) is 6.65. The molecule has 108 valence electrons. The van der Waals surface area contributed by atoms with E-state index in [-0.39, 0.29) is 23.2 Å². The first-order chi connectivity index (χ1) is 9.40. The third-order valence-corrected chi connectivity index (χ3v) is 3.26. The van der Waals surface area contributed by atoms with Gasteiger partial charge in [-0.1, -0.05) is 25.4 Å². The fourth-order valence-electron chi connectivity index (χ4n) is 1.97. The van der Waals surface area contributed by atoms with E-state index in [2.05, 4.69) is 15.1 Å². The van der Waals surface area contributed by atoms with Crippen LogP contribution in [-0.2, 0) is 20.0 Å². The molecule has 0 aliphatic rings. The molecular formula is C12H16ClN5O2. The van der Waals surface area contributed by atoms with Crippen LogP contribution in [0.25, 0.3) is 0 Å². The van der Waals surface area contributed by atoms with Crippen LogP contribution in [0, 0.1) is 0 Å². The van der Waals surface area contributed by atoms with Crippen LogP contribution in [-0.4, -0.2) is 24.3 Å². The van der Waals surface area contributed by atoms with Gasteiger partial charge in [0.15, 0.2) is 5.82 Å². The van der Waals surface area contributed by atoms with Crippen LogP contribution < -0.4 is 11.2 Å². The Morgan fingerprint density at radius 1 is 1.40 bits per heavy atom. The molecule has 2 rings (SSSR count). The first-order valence-electron chi connectivity index (χ1n) is 6.27. The van der Waals surface area contributed by atoms with Gasteiger partial charge >= 0.3 is 5.69 Å². The zero-order valence-corrected chi connectivity index (χ0v) is 12.3. The highest BCUT2D eigenvalue weighted by Crippen LogP contribution is 2.16. The van der Waals surface area contributed by atoms with Gasteiger partial charge in [-0.3, -0.25) is 19.0 Å². The van der Waals surface area contributed by atoms with Crippen LogP contribution in [0.4, 0.5) is 0 Å². The van der Waals surface area contributed by atoms with Crippen molar-refractivity contribution in [3.05, 3.63) is 43.7 Å². The van der Waals surface area contributed by atoms with Crippen LogP contribution in [0.1, 0.15) is 31.2 Å². The molecule has 2 aromatic rings. The zero-order valence-electron chi connectivity index (χ0n) is 11.6. The summed E-state index contributed by atoms with van der Waals surface area (Å²) in [7, 11) is 1.76. The van der Waals surface area contributed by atoms with Gasteiger partial charge in [-0.05, 0) is 5.92 Å².